The van der Waals surface area contributed by atoms with Crippen LogP contribution in [0.3, 0.4) is 0 Å². The van der Waals surface area contributed by atoms with Crippen molar-refractivity contribution >= 4 is 34.1 Å². The van der Waals surface area contributed by atoms with Gasteiger partial charge in [-0.05, 0) is 68.9 Å². The van der Waals surface area contributed by atoms with Gasteiger partial charge in [0, 0.05) is 41.5 Å². The largest absolute Gasteiger partial charge is 0.446 e. The normalized spacial score (nSPS) is 19.3. The van der Waals surface area contributed by atoms with Crippen LogP contribution < -0.4 is 16.0 Å². The fourth-order valence-electron chi connectivity index (χ4n) is 5.04. The Bertz CT molecular complexity index is 1200. The SMILES string of the molecule is C[C@@H](OC(=O)Nc1ccc(-c2c(N)c3ccc(N4CCOCC4)cc3n2C2CC2)cc1)C1CC1. The van der Waals surface area contributed by atoms with Crippen LogP contribution in [0.25, 0.3) is 22.2 Å². The first-order valence-electron chi connectivity index (χ1n) is 12.4. The van der Waals surface area contributed by atoms with Crippen LogP contribution in [-0.2, 0) is 9.47 Å². The average molecular weight is 461 g/mol. The number of fused-ring (bicyclic) bond motifs is 1. The van der Waals surface area contributed by atoms with E-state index in [1.165, 1.54) is 24.0 Å². The molecule has 7 heteroatoms. The van der Waals surface area contributed by atoms with Crippen molar-refractivity contribution in [3.8, 4) is 11.3 Å². The van der Waals surface area contributed by atoms with Gasteiger partial charge in [-0.15, -0.1) is 0 Å². The Labute approximate surface area is 199 Å². The Kier molecular flexibility index (Phi) is 5.37. The van der Waals surface area contributed by atoms with Crippen LogP contribution in [0.5, 0.6) is 0 Å². The van der Waals surface area contributed by atoms with Gasteiger partial charge in [-0.25, -0.2) is 4.79 Å². The number of nitrogens with zero attached hydrogens (tertiary/aromatic N) is 2. The Morgan fingerprint density at radius 1 is 1.09 bits per heavy atom. The second-order valence-electron chi connectivity index (χ2n) is 9.81. The van der Waals surface area contributed by atoms with Crippen molar-refractivity contribution in [1.82, 2.24) is 4.57 Å². The first-order valence-corrected chi connectivity index (χ1v) is 12.4. The zero-order chi connectivity index (χ0) is 23.2. The lowest BCUT2D eigenvalue weighted by molar-refractivity contribution is 0.108. The monoisotopic (exact) mass is 460 g/mol. The van der Waals surface area contributed by atoms with Gasteiger partial charge in [-0.3, -0.25) is 5.32 Å². The molecule has 2 aliphatic carbocycles. The maximum absolute atomic E-state index is 12.2. The van der Waals surface area contributed by atoms with Crippen LogP contribution in [0.15, 0.2) is 42.5 Å². The van der Waals surface area contributed by atoms with E-state index >= 15 is 0 Å². The molecule has 6 rings (SSSR count). The number of hydrogen-bond acceptors (Lipinski definition) is 5. The third-order valence-electron chi connectivity index (χ3n) is 7.30. The average Bonchev–Trinajstić information content (AvgIpc) is 3.77. The number of ether oxygens (including phenoxy) is 2. The van der Waals surface area contributed by atoms with Crippen LogP contribution in [0.2, 0.25) is 0 Å². The van der Waals surface area contributed by atoms with E-state index in [0.717, 1.165) is 67.2 Å². The third kappa shape index (κ3) is 4.09. The van der Waals surface area contributed by atoms with E-state index in [4.69, 9.17) is 15.2 Å². The highest BCUT2D eigenvalue weighted by Crippen LogP contribution is 2.47. The zero-order valence-electron chi connectivity index (χ0n) is 19.6. The van der Waals surface area contributed by atoms with Crippen molar-refractivity contribution in [3.05, 3.63) is 42.5 Å². The van der Waals surface area contributed by atoms with Gasteiger partial charge < -0.3 is 24.7 Å². The van der Waals surface area contributed by atoms with Crippen molar-refractivity contribution in [3.63, 3.8) is 0 Å². The number of nitrogen functional groups attached to an aromatic ring is 1. The van der Waals surface area contributed by atoms with E-state index in [1.54, 1.807) is 0 Å². The standard InChI is InChI=1S/C27H32N4O3/c1-17(18-2-3-18)34-27(32)29-20-6-4-19(5-7-20)26-25(28)23-11-10-22(30-12-14-33-15-13-30)16-24(23)31(26)21-8-9-21/h4-7,10-11,16-18,21H,2-3,8-9,12-15,28H2,1H3,(H,29,32)/t17-/m1/s1. The van der Waals surface area contributed by atoms with Crippen LogP contribution in [0.4, 0.5) is 21.9 Å². The van der Waals surface area contributed by atoms with E-state index in [1.807, 2.05) is 31.2 Å². The number of amides is 1. The first kappa shape index (κ1) is 21.4. The van der Waals surface area contributed by atoms with Gasteiger partial charge in [0.25, 0.3) is 0 Å². The Balaban J connectivity index is 1.29. The molecule has 0 radical (unpaired) electrons. The highest BCUT2D eigenvalue weighted by Gasteiger charge is 2.31. The Morgan fingerprint density at radius 3 is 2.50 bits per heavy atom. The number of morpholine rings is 1. The number of carbonyl (C=O) groups excluding carboxylic acids is 1. The van der Waals surface area contributed by atoms with Crippen molar-refractivity contribution in [1.29, 1.82) is 0 Å². The molecule has 2 aromatic carbocycles. The molecule has 3 N–H and O–H groups in total. The lowest BCUT2D eigenvalue weighted by Gasteiger charge is -2.29. The molecule has 1 amide bonds. The summed E-state index contributed by atoms with van der Waals surface area (Å²) in [5.41, 5.74) is 12.8. The summed E-state index contributed by atoms with van der Waals surface area (Å²) in [6.45, 7) is 5.32. The van der Waals surface area contributed by atoms with Crippen molar-refractivity contribution in [2.24, 2.45) is 5.92 Å². The molecular formula is C27H32N4O3. The second-order valence-corrected chi connectivity index (χ2v) is 9.81. The maximum Gasteiger partial charge on any atom is 0.411 e. The lowest BCUT2D eigenvalue weighted by atomic mass is 10.1. The molecule has 1 aliphatic heterocycles. The molecule has 0 spiro atoms. The van der Waals surface area contributed by atoms with Crippen LogP contribution >= 0.6 is 0 Å². The smallest absolute Gasteiger partial charge is 0.411 e. The summed E-state index contributed by atoms with van der Waals surface area (Å²) >= 11 is 0. The summed E-state index contributed by atoms with van der Waals surface area (Å²) in [6, 6.07) is 15.0. The van der Waals surface area contributed by atoms with Gasteiger partial charge in [-0.2, -0.15) is 0 Å². The molecule has 0 bridgehead atoms. The summed E-state index contributed by atoms with van der Waals surface area (Å²) < 4.78 is 13.4. The maximum atomic E-state index is 12.2. The molecule has 7 nitrogen and oxygen atoms in total. The first-order chi connectivity index (χ1) is 16.6. The summed E-state index contributed by atoms with van der Waals surface area (Å²) in [5.74, 6) is 0.518. The molecule has 3 fully saturated rings. The molecule has 34 heavy (non-hydrogen) atoms. The quantitative estimate of drug-likeness (QED) is 0.514. The van der Waals surface area contributed by atoms with Crippen LogP contribution in [0.1, 0.15) is 38.6 Å². The number of rotatable bonds is 6. The van der Waals surface area contributed by atoms with E-state index in [0.29, 0.717) is 12.0 Å². The second kappa shape index (κ2) is 8.55. The molecule has 2 heterocycles. The number of nitrogens with one attached hydrogen (secondary N) is 1. The highest BCUT2D eigenvalue weighted by molar-refractivity contribution is 6.02. The predicted octanol–water partition coefficient (Wildman–Crippen LogP) is 5.41. The molecule has 1 atom stereocenters. The minimum Gasteiger partial charge on any atom is -0.446 e. The lowest BCUT2D eigenvalue weighted by Crippen LogP contribution is -2.36. The van der Waals surface area contributed by atoms with Crippen molar-refractivity contribution in [2.75, 3.05) is 42.3 Å². The molecule has 3 aromatic rings. The number of hydrogen-bond donors (Lipinski definition) is 2. The van der Waals surface area contributed by atoms with Gasteiger partial charge in [-0.1, -0.05) is 12.1 Å². The fourth-order valence-corrected chi connectivity index (χ4v) is 5.04. The van der Waals surface area contributed by atoms with Gasteiger partial charge in [0.1, 0.15) is 6.10 Å². The minimum atomic E-state index is -0.394. The summed E-state index contributed by atoms with van der Waals surface area (Å²) in [7, 11) is 0. The molecule has 1 aromatic heterocycles. The topological polar surface area (TPSA) is 81.8 Å². The Morgan fingerprint density at radius 2 is 1.82 bits per heavy atom. The molecule has 2 saturated carbocycles. The number of aromatic nitrogens is 1. The molecule has 1 saturated heterocycles. The van der Waals surface area contributed by atoms with Crippen LogP contribution in [-0.4, -0.2) is 43.1 Å². The van der Waals surface area contributed by atoms with E-state index in [-0.39, 0.29) is 6.10 Å². The summed E-state index contributed by atoms with van der Waals surface area (Å²) in [4.78, 5) is 14.6. The summed E-state index contributed by atoms with van der Waals surface area (Å²) in [5, 5.41) is 3.95. The van der Waals surface area contributed by atoms with Gasteiger partial charge in [0.05, 0.1) is 30.1 Å². The molecule has 178 valence electrons. The molecule has 3 aliphatic rings. The van der Waals surface area contributed by atoms with Crippen molar-refractivity contribution < 1.29 is 14.3 Å². The highest BCUT2D eigenvalue weighted by atomic mass is 16.6. The number of benzene rings is 2. The third-order valence-corrected chi connectivity index (χ3v) is 7.30. The van der Waals surface area contributed by atoms with E-state index in [9.17, 15) is 4.79 Å². The Hall–Kier alpha value is -3.19. The number of nitrogens with two attached hydrogens (primary N) is 1. The fraction of sp³-hybridized carbons (Fsp3) is 0.444. The minimum absolute atomic E-state index is 0.0318. The summed E-state index contributed by atoms with van der Waals surface area (Å²) in [6.07, 6.45) is 4.21. The van der Waals surface area contributed by atoms with E-state index < -0.39 is 6.09 Å². The van der Waals surface area contributed by atoms with Gasteiger partial charge >= 0.3 is 6.09 Å². The molecular weight excluding hydrogens is 428 g/mol. The number of carbonyl (C=O) groups is 1. The van der Waals surface area contributed by atoms with Gasteiger partial charge in [0.15, 0.2) is 0 Å². The number of anilines is 3. The van der Waals surface area contributed by atoms with Crippen LogP contribution in [0, 0.1) is 5.92 Å². The van der Waals surface area contributed by atoms with Crippen molar-refractivity contribution in [2.45, 2.75) is 44.8 Å². The zero-order valence-corrected chi connectivity index (χ0v) is 19.6. The van der Waals surface area contributed by atoms with E-state index in [2.05, 4.69) is 33.0 Å². The predicted molar refractivity (Wildman–Crippen MR) is 135 cm³/mol. The molecule has 0 unspecified atom stereocenters. The van der Waals surface area contributed by atoms with Gasteiger partial charge in [0.2, 0.25) is 0 Å².